The highest BCUT2D eigenvalue weighted by Gasteiger charge is 2.11. The van der Waals surface area contributed by atoms with Gasteiger partial charge in [-0.3, -0.25) is 0 Å². The van der Waals surface area contributed by atoms with Gasteiger partial charge in [0.1, 0.15) is 0 Å². The lowest BCUT2D eigenvalue weighted by Gasteiger charge is -2.20. The number of benzene rings is 1. The van der Waals surface area contributed by atoms with Gasteiger partial charge in [-0.05, 0) is 5.56 Å². The third kappa shape index (κ3) is 2.77. The van der Waals surface area contributed by atoms with Crippen molar-refractivity contribution >= 4 is 0 Å². The Labute approximate surface area is 96.2 Å². The summed E-state index contributed by atoms with van der Waals surface area (Å²) in [4.78, 5) is 4.40. The summed E-state index contributed by atoms with van der Waals surface area (Å²) in [5.74, 6) is 0. The highest BCUT2D eigenvalue weighted by molar-refractivity contribution is 5.15. The van der Waals surface area contributed by atoms with E-state index in [9.17, 15) is 0 Å². The fourth-order valence-corrected chi connectivity index (χ4v) is 1.78. The molecule has 1 aromatic rings. The van der Waals surface area contributed by atoms with Gasteiger partial charge in [-0.1, -0.05) is 30.3 Å². The Bertz CT molecular complexity index is 391. The molecule has 0 saturated heterocycles. The van der Waals surface area contributed by atoms with Crippen LogP contribution in [0.4, 0.5) is 0 Å². The SMILES string of the molecule is N#CCCN1C=CN(Cc2ccccc2)C1. The van der Waals surface area contributed by atoms with Crippen molar-refractivity contribution in [3.8, 4) is 6.07 Å². The number of hydrogen-bond donors (Lipinski definition) is 0. The van der Waals surface area contributed by atoms with Gasteiger partial charge in [0.05, 0.1) is 19.2 Å². The molecule has 0 aromatic heterocycles. The van der Waals surface area contributed by atoms with Crippen molar-refractivity contribution in [2.75, 3.05) is 13.2 Å². The van der Waals surface area contributed by atoms with Crippen LogP contribution in [-0.2, 0) is 6.54 Å². The highest BCUT2D eigenvalue weighted by Crippen LogP contribution is 2.11. The topological polar surface area (TPSA) is 30.3 Å². The van der Waals surface area contributed by atoms with Crippen molar-refractivity contribution in [2.24, 2.45) is 0 Å². The Morgan fingerprint density at radius 2 is 1.88 bits per heavy atom. The van der Waals surface area contributed by atoms with E-state index in [1.807, 2.05) is 6.07 Å². The molecule has 82 valence electrons. The molecule has 0 N–H and O–H groups in total. The van der Waals surface area contributed by atoms with E-state index in [1.165, 1.54) is 5.56 Å². The molecule has 3 nitrogen and oxygen atoms in total. The molecule has 1 aliphatic rings. The monoisotopic (exact) mass is 213 g/mol. The molecule has 0 spiro atoms. The Morgan fingerprint density at radius 3 is 2.62 bits per heavy atom. The van der Waals surface area contributed by atoms with Gasteiger partial charge in [0.15, 0.2) is 0 Å². The van der Waals surface area contributed by atoms with E-state index in [-0.39, 0.29) is 0 Å². The summed E-state index contributed by atoms with van der Waals surface area (Å²) in [7, 11) is 0. The molecule has 0 bridgehead atoms. The molecule has 1 aliphatic heterocycles. The molecule has 0 amide bonds. The van der Waals surface area contributed by atoms with Gasteiger partial charge in [-0.15, -0.1) is 0 Å². The first-order valence-corrected chi connectivity index (χ1v) is 5.46. The second kappa shape index (κ2) is 5.22. The molecule has 2 rings (SSSR count). The molecular formula is C13H15N3. The fourth-order valence-electron chi connectivity index (χ4n) is 1.78. The lowest BCUT2D eigenvalue weighted by molar-refractivity contribution is 0.263. The van der Waals surface area contributed by atoms with Gasteiger partial charge in [-0.25, -0.2) is 0 Å². The molecular weight excluding hydrogens is 198 g/mol. The zero-order valence-corrected chi connectivity index (χ0v) is 9.21. The summed E-state index contributed by atoms with van der Waals surface area (Å²) in [6.07, 6.45) is 4.73. The van der Waals surface area contributed by atoms with Crippen LogP contribution >= 0.6 is 0 Å². The maximum atomic E-state index is 8.51. The maximum absolute atomic E-state index is 8.51. The van der Waals surface area contributed by atoms with Crippen LogP contribution in [0.3, 0.4) is 0 Å². The summed E-state index contributed by atoms with van der Waals surface area (Å²) in [5.41, 5.74) is 1.31. The average molecular weight is 213 g/mol. The van der Waals surface area contributed by atoms with Crippen LogP contribution in [0.1, 0.15) is 12.0 Å². The molecule has 1 heterocycles. The standard InChI is InChI=1S/C13H15N3/c14-7-4-8-15-9-10-16(12-15)11-13-5-2-1-3-6-13/h1-3,5-6,9-10H,4,8,11-12H2. The van der Waals surface area contributed by atoms with Gasteiger partial charge >= 0.3 is 0 Å². The van der Waals surface area contributed by atoms with Crippen LogP contribution in [0.25, 0.3) is 0 Å². The summed E-state index contributed by atoms with van der Waals surface area (Å²) in [6.45, 7) is 2.63. The highest BCUT2D eigenvalue weighted by atomic mass is 15.3. The Hall–Kier alpha value is -1.95. The Morgan fingerprint density at radius 1 is 1.12 bits per heavy atom. The van der Waals surface area contributed by atoms with Crippen molar-refractivity contribution < 1.29 is 0 Å². The molecule has 1 aromatic carbocycles. The first-order chi connectivity index (χ1) is 7.88. The Balaban J connectivity index is 1.82. The lowest BCUT2D eigenvalue weighted by atomic mass is 10.2. The lowest BCUT2D eigenvalue weighted by Crippen LogP contribution is -2.25. The van der Waals surface area contributed by atoms with Crippen molar-refractivity contribution in [3.05, 3.63) is 48.3 Å². The third-order valence-corrected chi connectivity index (χ3v) is 2.59. The molecule has 0 saturated carbocycles. The summed E-state index contributed by atoms with van der Waals surface area (Å²) in [6, 6.07) is 12.6. The number of rotatable bonds is 4. The third-order valence-electron chi connectivity index (χ3n) is 2.59. The van der Waals surface area contributed by atoms with E-state index >= 15 is 0 Å². The van der Waals surface area contributed by atoms with E-state index in [0.717, 1.165) is 19.8 Å². The van der Waals surface area contributed by atoms with E-state index in [2.05, 4.69) is 52.5 Å². The van der Waals surface area contributed by atoms with Gasteiger partial charge in [-0.2, -0.15) is 5.26 Å². The van der Waals surface area contributed by atoms with Crippen LogP contribution in [0.5, 0.6) is 0 Å². The largest absolute Gasteiger partial charge is 0.358 e. The molecule has 3 heteroatoms. The fraction of sp³-hybridized carbons (Fsp3) is 0.308. The van der Waals surface area contributed by atoms with Crippen molar-refractivity contribution in [1.29, 1.82) is 5.26 Å². The predicted octanol–water partition coefficient (Wildman–Crippen LogP) is 2.15. The number of nitriles is 1. The van der Waals surface area contributed by atoms with Crippen molar-refractivity contribution in [3.63, 3.8) is 0 Å². The van der Waals surface area contributed by atoms with Crippen LogP contribution < -0.4 is 0 Å². The molecule has 0 atom stereocenters. The first kappa shape index (κ1) is 10.6. The molecule has 16 heavy (non-hydrogen) atoms. The van der Waals surface area contributed by atoms with Crippen LogP contribution in [0.15, 0.2) is 42.7 Å². The van der Waals surface area contributed by atoms with Crippen molar-refractivity contribution in [1.82, 2.24) is 9.80 Å². The van der Waals surface area contributed by atoms with Crippen LogP contribution in [0, 0.1) is 11.3 Å². The molecule has 0 radical (unpaired) electrons. The summed E-state index contributed by atoms with van der Waals surface area (Å²) < 4.78 is 0. The molecule has 0 unspecified atom stereocenters. The second-order valence-electron chi connectivity index (χ2n) is 3.89. The van der Waals surface area contributed by atoms with Crippen molar-refractivity contribution in [2.45, 2.75) is 13.0 Å². The average Bonchev–Trinajstić information content (AvgIpc) is 2.75. The quantitative estimate of drug-likeness (QED) is 0.767. The normalized spacial score (nSPS) is 14.2. The summed E-state index contributed by atoms with van der Waals surface area (Å²) >= 11 is 0. The smallest absolute Gasteiger partial charge is 0.0897 e. The Kier molecular flexibility index (Phi) is 3.45. The van der Waals surface area contributed by atoms with E-state index in [4.69, 9.17) is 5.26 Å². The van der Waals surface area contributed by atoms with Gasteiger partial charge in [0, 0.05) is 25.5 Å². The van der Waals surface area contributed by atoms with E-state index < -0.39 is 0 Å². The maximum Gasteiger partial charge on any atom is 0.0897 e. The van der Waals surface area contributed by atoms with Crippen LogP contribution in [0.2, 0.25) is 0 Å². The molecule has 0 fully saturated rings. The minimum absolute atomic E-state index is 0.587. The van der Waals surface area contributed by atoms with Gasteiger partial charge in [0.2, 0.25) is 0 Å². The van der Waals surface area contributed by atoms with E-state index in [1.54, 1.807) is 0 Å². The number of hydrogen-bond acceptors (Lipinski definition) is 3. The zero-order valence-electron chi connectivity index (χ0n) is 9.21. The predicted molar refractivity (Wildman–Crippen MR) is 62.9 cm³/mol. The van der Waals surface area contributed by atoms with Crippen LogP contribution in [-0.4, -0.2) is 23.0 Å². The first-order valence-electron chi connectivity index (χ1n) is 5.46. The zero-order chi connectivity index (χ0) is 11.2. The second-order valence-corrected chi connectivity index (χ2v) is 3.89. The minimum Gasteiger partial charge on any atom is -0.358 e. The van der Waals surface area contributed by atoms with Gasteiger partial charge in [0.25, 0.3) is 0 Å². The number of nitrogens with zero attached hydrogens (tertiary/aromatic N) is 3. The van der Waals surface area contributed by atoms with E-state index in [0.29, 0.717) is 6.42 Å². The van der Waals surface area contributed by atoms with Gasteiger partial charge < -0.3 is 9.80 Å². The molecule has 0 aliphatic carbocycles. The minimum atomic E-state index is 0.587. The summed E-state index contributed by atoms with van der Waals surface area (Å²) in [5, 5.41) is 8.51.